The average Bonchev–Trinajstić information content (AvgIpc) is 3.85. The molecule has 0 saturated carbocycles. The number of pyridine rings is 2. The summed E-state index contributed by atoms with van der Waals surface area (Å²) >= 11 is 0. The Balaban J connectivity index is 0.000000214. The van der Waals surface area contributed by atoms with Gasteiger partial charge in [0.05, 0.1) is 54.0 Å². The van der Waals surface area contributed by atoms with Crippen LogP contribution in [0.2, 0.25) is 0 Å². The number of benzene rings is 2. The number of ether oxygens (including phenoxy) is 6. The van der Waals surface area contributed by atoms with Crippen molar-refractivity contribution in [3.63, 3.8) is 0 Å². The quantitative estimate of drug-likeness (QED) is 0.145. The zero-order valence-electron chi connectivity index (χ0n) is 33.2. The third-order valence-electron chi connectivity index (χ3n) is 11.1. The minimum atomic E-state index is -1.48. The van der Waals surface area contributed by atoms with Gasteiger partial charge in [-0.25, -0.2) is 0 Å². The van der Waals surface area contributed by atoms with Crippen molar-refractivity contribution in [3.8, 4) is 22.9 Å². The molecule has 0 fully saturated rings. The Hall–Kier alpha value is -6.18. The van der Waals surface area contributed by atoms with Crippen LogP contribution in [-0.4, -0.2) is 75.7 Å². The molecule has 0 unspecified atom stereocenters. The smallest absolute Gasteiger partial charge is 0.323 e. The Labute approximate surface area is 323 Å². The van der Waals surface area contributed by atoms with Crippen molar-refractivity contribution in [2.75, 3.05) is 42.7 Å². The molecule has 0 N–H and O–H groups in total. The molecule has 0 atom stereocenters. The molecule has 2 aliphatic carbocycles. The highest BCUT2D eigenvalue weighted by Gasteiger charge is 2.55. The van der Waals surface area contributed by atoms with E-state index in [9.17, 15) is 28.8 Å². The van der Waals surface area contributed by atoms with Crippen LogP contribution in [0.25, 0.3) is 11.4 Å². The summed E-state index contributed by atoms with van der Waals surface area (Å²) < 4.78 is 33.6. The second kappa shape index (κ2) is 15.9. The molecule has 6 rings (SSSR count). The molecule has 56 heavy (non-hydrogen) atoms. The van der Waals surface area contributed by atoms with Crippen molar-refractivity contribution in [1.29, 1.82) is 0 Å². The Morgan fingerprint density at radius 1 is 0.482 bits per heavy atom. The minimum absolute atomic E-state index is 0.0797. The van der Waals surface area contributed by atoms with Crippen molar-refractivity contribution in [2.45, 2.75) is 53.4 Å². The van der Waals surface area contributed by atoms with Gasteiger partial charge in [-0.05, 0) is 74.2 Å². The van der Waals surface area contributed by atoms with Gasteiger partial charge >= 0.3 is 23.9 Å². The zero-order chi connectivity index (χ0) is 41.3. The third kappa shape index (κ3) is 6.42. The van der Waals surface area contributed by atoms with E-state index in [0.717, 1.165) is 11.1 Å². The summed E-state index contributed by atoms with van der Waals surface area (Å²) in [5.74, 6) is -1.54. The molecule has 0 spiro atoms. The lowest BCUT2D eigenvalue weighted by Crippen LogP contribution is -2.42. The number of rotatable bonds is 8. The summed E-state index contributed by atoms with van der Waals surface area (Å²) in [4.78, 5) is 76.5. The number of nitrogens with zero attached hydrogens (tertiary/aromatic N) is 2. The van der Waals surface area contributed by atoms with Gasteiger partial charge in [0.25, 0.3) is 11.1 Å². The number of hydrogen-bond acceptors (Lipinski definition) is 12. The maximum Gasteiger partial charge on any atom is 0.323 e. The molecule has 0 aliphatic heterocycles. The van der Waals surface area contributed by atoms with Gasteiger partial charge < -0.3 is 28.4 Å². The predicted molar refractivity (Wildman–Crippen MR) is 204 cm³/mol. The molecule has 0 amide bonds. The standard InChI is InChI=1S/2C21H23NO6/c2*1-12-14-10-21(19(24)27-4,20(25)28-5)11-15(14)13(2)22(18(12)23)16-8-6-7-9-17(16)26-3/h2*6-9H,10-11H2,1-5H3. The van der Waals surface area contributed by atoms with Gasteiger partial charge in [0.1, 0.15) is 11.5 Å². The van der Waals surface area contributed by atoms with Crippen LogP contribution in [0.15, 0.2) is 58.1 Å². The van der Waals surface area contributed by atoms with Crippen molar-refractivity contribution < 1.29 is 47.6 Å². The first-order valence-corrected chi connectivity index (χ1v) is 17.7. The number of para-hydroxylation sites is 4. The van der Waals surface area contributed by atoms with Gasteiger partial charge in [0.15, 0.2) is 10.8 Å². The fraction of sp³-hybridized carbons (Fsp3) is 0.381. The van der Waals surface area contributed by atoms with Crippen LogP contribution in [0.3, 0.4) is 0 Å². The van der Waals surface area contributed by atoms with Gasteiger partial charge in [-0.1, -0.05) is 24.3 Å². The molecule has 14 nitrogen and oxygen atoms in total. The van der Waals surface area contributed by atoms with E-state index in [2.05, 4.69) is 0 Å². The maximum absolute atomic E-state index is 13.2. The number of fused-ring (bicyclic) bond motifs is 2. The normalized spacial score (nSPS) is 14.3. The lowest BCUT2D eigenvalue weighted by Gasteiger charge is -2.22. The summed E-state index contributed by atoms with van der Waals surface area (Å²) in [5.41, 5.74) is 3.06. The number of carbonyl (C=O) groups excluding carboxylic acids is 4. The van der Waals surface area contributed by atoms with Gasteiger partial charge in [0.2, 0.25) is 0 Å². The van der Waals surface area contributed by atoms with Crippen LogP contribution in [0.4, 0.5) is 0 Å². The number of esters is 4. The lowest BCUT2D eigenvalue weighted by atomic mass is 9.84. The first kappa shape index (κ1) is 41.0. The molecule has 0 radical (unpaired) electrons. The molecule has 4 aromatic rings. The third-order valence-corrected chi connectivity index (χ3v) is 11.1. The zero-order valence-corrected chi connectivity index (χ0v) is 33.2. The van der Waals surface area contributed by atoms with Gasteiger partial charge in [-0.2, -0.15) is 0 Å². The summed E-state index contributed by atoms with van der Waals surface area (Å²) in [6.45, 7) is 7.02. The Bertz CT molecular complexity index is 2170. The first-order valence-electron chi connectivity index (χ1n) is 17.7. The van der Waals surface area contributed by atoms with Crippen LogP contribution in [0, 0.1) is 38.5 Å². The van der Waals surface area contributed by atoms with E-state index in [-0.39, 0.29) is 36.8 Å². The van der Waals surface area contributed by atoms with Crippen LogP contribution < -0.4 is 20.6 Å². The molecule has 296 valence electrons. The number of hydrogen-bond donors (Lipinski definition) is 0. The second-order valence-electron chi connectivity index (χ2n) is 13.8. The van der Waals surface area contributed by atoms with Crippen molar-refractivity contribution in [2.24, 2.45) is 10.8 Å². The minimum Gasteiger partial charge on any atom is -0.495 e. The van der Waals surface area contributed by atoms with Crippen molar-refractivity contribution >= 4 is 23.9 Å². The highest BCUT2D eigenvalue weighted by Crippen LogP contribution is 2.43. The van der Waals surface area contributed by atoms with Gasteiger partial charge in [-0.15, -0.1) is 0 Å². The molecular formula is C42H46N2O12. The van der Waals surface area contributed by atoms with Gasteiger partial charge in [-0.3, -0.25) is 37.9 Å². The van der Waals surface area contributed by atoms with E-state index in [0.29, 0.717) is 56.5 Å². The van der Waals surface area contributed by atoms with Crippen molar-refractivity contribution in [1.82, 2.24) is 9.13 Å². The predicted octanol–water partition coefficient (Wildman–Crippen LogP) is 3.79. The fourth-order valence-corrected chi connectivity index (χ4v) is 8.07. The van der Waals surface area contributed by atoms with Crippen LogP contribution in [0.1, 0.15) is 44.8 Å². The van der Waals surface area contributed by atoms with E-state index in [4.69, 9.17) is 28.4 Å². The molecule has 14 heteroatoms. The average molecular weight is 771 g/mol. The van der Waals surface area contributed by atoms with Crippen molar-refractivity contribution in [3.05, 3.63) is 114 Å². The highest BCUT2D eigenvalue weighted by atomic mass is 16.6. The van der Waals surface area contributed by atoms with Gasteiger partial charge in [0, 0.05) is 48.2 Å². The highest BCUT2D eigenvalue weighted by molar-refractivity contribution is 6.02. The lowest BCUT2D eigenvalue weighted by molar-refractivity contribution is -0.170. The second-order valence-corrected chi connectivity index (χ2v) is 13.8. The van der Waals surface area contributed by atoms with E-state index in [1.54, 1.807) is 75.3 Å². The Kier molecular flexibility index (Phi) is 11.6. The molecule has 2 heterocycles. The Morgan fingerprint density at radius 2 is 0.768 bits per heavy atom. The molecular weight excluding hydrogens is 724 g/mol. The summed E-state index contributed by atoms with van der Waals surface area (Å²) in [5, 5.41) is 0. The molecule has 2 aromatic heterocycles. The van der Waals surface area contributed by atoms with E-state index in [1.165, 1.54) is 28.4 Å². The summed E-state index contributed by atoms with van der Waals surface area (Å²) in [6, 6.07) is 14.4. The maximum atomic E-state index is 13.2. The number of methoxy groups -OCH3 is 6. The largest absolute Gasteiger partial charge is 0.495 e. The molecule has 0 bridgehead atoms. The number of carbonyl (C=O) groups is 4. The molecule has 2 aliphatic rings. The first-order chi connectivity index (χ1) is 26.6. The van der Waals surface area contributed by atoms with Crippen LogP contribution in [0.5, 0.6) is 11.5 Å². The topological polar surface area (TPSA) is 168 Å². The van der Waals surface area contributed by atoms with Crippen LogP contribution in [-0.2, 0) is 63.8 Å². The Morgan fingerprint density at radius 3 is 1.05 bits per heavy atom. The molecule has 0 saturated heterocycles. The van der Waals surface area contributed by atoms with E-state index >= 15 is 0 Å². The van der Waals surface area contributed by atoms with E-state index in [1.807, 2.05) is 24.3 Å². The molecule has 2 aromatic carbocycles. The summed E-state index contributed by atoms with van der Waals surface area (Å²) in [7, 11) is 8.04. The fourth-order valence-electron chi connectivity index (χ4n) is 8.07. The summed E-state index contributed by atoms with van der Waals surface area (Å²) in [6.07, 6.45) is 0.389. The monoisotopic (exact) mass is 770 g/mol. The van der Waals surface area contributed by atoms with E-state index < -0.39 is 34.7 Å². The number of aromatic nitrogens is 2. The SMILES string of the molecule is COC(=O)C1(C(=O)OC)Cc2c(c(C)n(-c3ccccc3OC)c(=O)c2C)C1.COC(=O)C1(C(=O)OC)Cc2c(c(C)n(-c3ccccc3OC)c(=O)c2C)C1. The van der Waals surface area contributed by atoms with Crippen LogP contribution >= 0.6 is 0 Å².